The summed E-state index contributed by atoms with van der Waals surface area (Å²) in [5.74, 6) is 5.22. The van der Waals surface area contributed by atoms with E-state index >= 15 is 0 Å². The van der Waals surface area contributed by atoms with Crippen LogP contribution in [0.2, 0.25) is 0 Å². The van der Waals surface area contributed by atoms with Gasteiger partial charge >= 0.3 is 0 Å². The van der Waals surface area contributed by atoms with Crippen LogP contribution in [0, 0.1) is 0 Å². The fraction of sp³-hybridized carbons (Fsp3) is 0. The number of aromatic nitrogens is 2. The lowest BCUT2D eigenvalue weighted by Crippen LogP contribution is -2.16. The monoisotopic (exact) mass is 307 g/mol. The largest absolute Gasteiger partial charge is 0.320 e. The van der Waals surface area contributed by atoms with Gasteiger partial charge in [0.1, 0.15) is 0 Å². The third-order valence-corrected chi connectivity index (χ3v) is 2.86. The zero-order chi connectivity index (χ0) is 13.0. The van der Waals surface area contributed by atoms with Crippen LogP contribution >= 0.6 is 15.9 Å². The van der Waals surface area contributed by atoms with Crippen LogP contribution in [0.5, 0.6) is 0 Å². The van der Waals surface area contributed by atoms with E-state index in [0.717, 1.165) is 4.47 Å². The second kappa shape index (κ2) is 5.56. The van der Waals surface area contributed by atoms with Crippen molar-refractivity contribution in [3.8, 4) is 0 Å². The zero-order valence-corrected chi connectivity index (χ0v) is 10.8. The molecule has 0 fully saturated rings. The van der Waals surface area contributed by atoms with Gasteiger partial charge in [0.2, 0.25) is 0 Å². The molecule has 92 valence electrons. The van der Waals surface area contributed by atoms with Gasteiger partial charge in [-0.1, -0.05) is 12.1 Å². The summed E-state index contributed by atoms with van der Waals surface area (Å²) >= 11 is 3.34. The van der Waals surface area contributed by atoms with E-state index in [2.05, 4.69) is 36.9 Å². The number of nitrogen functional groups attached to an aromatic ring is 1. The number of hydrogen-bond donors (Lipinski definition) is 3. The van der Waals surface area contributed by atoms with Gasteiger partial charge < -0.3 is 10.7 Å². The third kappa shape index (κ3) is 2.82. The van der Waals surface area contributed by atoms with Gasteiger partial charge in [-0.2, -0.15) is 0 Å². The van der Waals surface area contributed by atoms with Gasteiger partial charge in [0.05, 0.1) is 5.69 Å². The molecule has 0 saturated carbocycles. The van der Waals surface area contributed by atoms with Gasteiger partial charge in [-0.3, -0.25) is 4.79 Å². The van der Waals surface area contributed by atoms with Crippen molar-refractivity contribution in [3.63, 3.8) is 0 Å². The third-order valence-electron chi connectivity index (χ3n) is 2.17. The fourth-order valence-corrected chi connectivity index (χ4v) is 1.66. The van der Waals surface area contributed by atoms with Gasteiger partial charge in [0, 0.05) is 4.47 Å². The maximum atomic E-state index is 11.9. The van der Waals surface area contributed by atoms with Crippen molar-refractivity contribution in [2.24, 2.45) is 5.84 Å². The Labute approximate surface area is 112 Å². The minimum atomic E-state index is -0.335. The molecule has 0 radical (unpaired) electrons. The van der Waals surface area contributed by atoms with Crippen LogP contribution in [0.4, 0.5) is 11.5 Å². The fourth-order valence-electron chi connectivity index (χ4n) is 1.28. The molecule has 0 aliphatic rings. The maximum Gasteiger partial charge on any atom is 0.276 e. The number of carbonyl (C=O) groups is 1. The van der Waals surface area contributed by atoms with E-state index in [9.17, 15) is 4.79 Å². The van der Waals surface area contributed by atoms with Gasteiger partial charge in [-0.25, -0.2) is 5.84 Å². The summed E-state index contributed by atoms with van der Waals surface area (Å²) in [6, 6.07) is 10.4. The SMILES string of the molecule is NNc1ccc(C(=O)Nc2ccccc2Br)nn1. The highest BCUT2D eigenvalue weighted by Crippen LogP contribution is 2.21. The second-order valence-electron chi connectivity index (χ2n) is 3.38. The molecule has 2 aromatic rings. The van der Waals surface area contributed by atoms with Crippen molar-refractivity contribution in [3.05, 3.63) is 46.6 Å². The first-order chi connectivity index (χ1) is 8.70. The highest BCUT2D eigenvalue weighted by Gasteiger charge is 2.09. The predicted molar refractivity (Wildman–Crippen MR) is 71.9 cm³/mol. The number of halogens is 1. The Morgan fingerprint density at radius 2 is 1.94 bits per heavy atom. The topological polar surface area (TPSA) is 92.9 Å². The van der Waals surface area contributed by atoms with E-state index in [0.29, 0.717) is 11.5 Å². The lowest BCUT2D eigenvalue weighted by molar-refractivity contribution is 0.102. The predicted octanol–water partition coefficient (Wildman–Crippen LogP) is 1.78. The molecule has 0 aliphatic heterocycles. The smallest absolute Gasteiger partial charge is 0.276 e. The van der Waals surface area contributed by atoms with Gasteiger partial charge in [0.15, 0.2) is 11.5 Å². The zero-order valence-electron chi connectivity index (χ0n) is 9.22. The first-order valence-electron chi connectivity index (χ1n) is 5.07. The van der Waals surface area contributed by atoms with E-state index in [1.807, 2.05) is 18.2 Å². The lowest BCUT2D eigenvalue weighted by Gasteiger charge is -2.06. The van der Waals surface area contributed by atoms with E-state index in [-0.39, 0.29) is 11.6 Å². The van der Waals surface area contributed by atoms with Crippen LogP contribution in [0.3, 0.4) is 0 Å². The van der Waals surface area contributed by atoms with Crippen LogP contribution in [-0.2, 0) is 0 Å². The molecule has 4 N–H and O–H groups in total. The molecule has 7 heteroatoms. The molecule has 18 heavy (non-hydrogen) atoms. The molecule has 0 saturated heterocycles. The highest BCUT2D eigenvalue weighted by molar-refractivity contribution is 9.10. The number of hydrogen-bond acceptors (Lipinski definition) is 5. The summed E-state index contributed by atoms with van der Waals surface area (Å²) in [4.78, 5) is 11.9. The summed E-state index contributed by atoms with van der Waals surface area (Å²) in [5.41, 5.74) is 3.22. The average Bonchev–Trinajstić information content (AvgIpc) is 2.41. The Hall–Kier alpha value is -1.99. The minimum absolute atomic E-state index is 0.213. The van der Waals surface area contributed by atoms with E-state index in [4.69, 9.17) is 5.84 Å². The number of amides is 1. The summed E-state index contributed by atoms with van der Waals surface area (Å²) < 4.78 is 0.798. The van der Waals surface area contributed by atoms with Gasteiger partial charge in [-0.05, 0) is 40.2 Å². The van der Waals surface area contributed by atoms with Crippen LogP contribution in [0.25, 0.3) is 0 Å². The molecule has 1 heterocycles. The number of carbonyl (C=O) groups excluding carboxylic acids is 1. The molecule has 0 bridgehead atoms. The van der Waals surface area contributed by atoms with Gasteiger partial charge in [-0.15, -0.1) is 10.2 Å². The minimum Gasteiger partial charge on any atom is -0.320 e. The Morgan fingerprint density at radius 3 is 2.56 bits per heavy atom. The van der Waals surface area contributed by atoms with E-state index < -0.39 is 0 Å². The van der Waals surface area contributed by atoms with E-state index in [1.54, 1.807) is 12.1 Å². The Bertz CT molecular complexity index is 558. The molecule has 1 aromatic carbocycles. The number of para-hydroxylation sites is 1. The lowest BCUT2D eigenvalue weighted by atomic mass is 10.3. The van der Waals surface area contributed by atoms with Crippen molar-refractivity contribution >= 4 is 33.3 Å². The molecule has 0 aliphatic carbocycles. The molecule has 1 amide bonds. The number of rotatable bonds is 3. The number of nitrogens with two attached hydrogens (primary N) is 1. The highest BCUT2D eigenvalue weighted by atomic mass is 79.9. The first kappa shape index (κ1) is 12.5. The van der Waals surface area contributed by atoms with Crippen molar-refractivity contribution in [1.82, 2.24) is 10.2 Å². The Kier molecular flexibility index (Phi) is 3.85. The number of nitrogens with zero attached hydrogens (tertiary/aromatic N) is 2. The summed E-state index contributed by atoms with van der Waals surface area (Å²) in [5, 5.41) is 10.2. The summed E-state index contributed by atoms with van der Waals surface area (Å²) in [7, 11) is 0. The Morgan fingerprint density at radius 1 is 1.17 bits per heavy atom. The Balaban J connectivity index is 2.14. The van der Waals surface area contributed by atoms with Crippen LogP contribution < -0.4 is 16.6 Å². The molecule has 0 unspecified atom stereocenters. The number of benzene rings is 1. The summed E-state index contributed by atoms with van der Waals surface area (Å²) in [6.07, 6.45) is 0. The van der Waals surface area contributed by atoms with Crippen LogP contribution in [0.15, 0.2) is 40.9 Å². The van der Waals surface area contributed by atoms with Gasteiger partial charge in [0.25, 0.3) is 5.91 Å². The number of anilines is 2. The first-order valence-corrected chi connectivity index (χ1v) is 5.86. The van der Waals surface area contributed by atoms with Crippen LogP contribution in [-0.4, -0.2) is 16.1 Å². The molecule has 0 spiro atoms. The molecular weight excluding hydrogens is 298 g/mol. The maximum absolute atomic E-state index is 11.9. The molecular formula is C11H10BrN5O. The molecule has 6 nitrogen and oxygen atoms in total. The second-order valence-corrected chi connectivity index (χ2v) is 4.24. The summed E-state index contributed by atoms with van der Waals surface area (Å²) in [6.45, 7) is 0. The normalized spacial score (nSPS) is 9.89. The van der Waals surface area contributed by atoms with E-state index in [1.165, 1.54) is 6.07 Å². The van der Waals surface area contributed by atoms with Crippen molar-refractivity contribution < 1.29 is 4.79 Å². The molecule has 0 atom stereocenters. The van der Waals surface area contributed by atoms with Crippen molar-refractivity contribution in [2.75, 3.05) is 10.7 Å². The molecule has 1 aromatic heterocycles. The molecule has 2 rings (SSSR count). The standard InChI is InChI=1S/C11H10BrN5O/c12-7-3-1-2-4-8(7)14-11(18)9-5-6-10(15-13)17-16-9/h1-6H,13H2,(H,14,18)(H,15,17). The number of nitrogens with one attached hydrogen (secondary N) is 2. The van der Waals surface area contributed by atoms with Crippen molar-refractivity contribution in [1.29, 1.82) is 0 Å². The van der Waals surface area contributed by atoms with Crippen LogP contribution in [0.1, 0.15) is 10.5 Å². The average molecular weight is 308 g/mol. The van der Waals surface area contributed by atoms with Crippen molar-refractivity contribution in [2.45, 2.75) is 0 Å². The number of hydrazine groups is 1. The quantitative estimate of drug-likeness (QED) is 0.593.